The number of rotatable bonds is 1. The monoisotopic (exact) mass is 281 g/mol. The molecule has 0 amide bonds. The van der Waals surface area contributed by atoms with Crippen LogP contribution in [-0.4, -0.2) is 19.1 Å². The molecule has 4 rings (SSSR count). The molecule has 1 aromatic carbocycles. The lowest BCUT2D eigenvalue weighted by atomic mass is 10.1. The summed E-state index contributed by atoms with van der Waals surface area (Å²) in [5.41, 5.74) is 7.97. The highest BCUT2D eigenvalue weighted by Crippen LogP contribution is 2.31. The van der Waals surface area contributed by atoms with Crippen molar-refractivity contribution in [2.24, 2.45) is 0 Å². The second kappa shape index (κ2) is 4.18. The van der Waals surface area contributed by atoms with Gasteiger partial charge in [0, 0.05) is 18.7 Å². The lowest BCUT2D eigenvalue weighted by molar-refractivity contribution is 0.709. The van der Waals surface area contributed by atoms with Crippen molar-refractivity contribution in [1.29, 1.82) is 0 Å². The van der Waals surface area contributed by atoms with Gasteiger partial charge >= 0.3 is 5.69 Å². The van der Waals surface area contributed by atoms with E-state index >= 15 is 0 Å². The first kappa shape index (κ1) is 12.1. The van der Waals surface area contributed by atoms with E-state index in [9.17, 15) is 4.79 Å². The zero-order chi connectivity index (χ0) is 14.6. The quantitative estimate of drug-likeness (QED) is 0.736. The summed E-state index contributed by atoms with van der Waals surface area (Å²) in [6.45, 7) is 3.17. The highest BCUT2D eigenvalue weighted by atomic mass is 16.1. The van der Waals surface area contributed by atoms with Crippen molar-refractivity contribution in [2.45, 2.75) is 25.8 Å². The number of fused-ring (bicyclic) bond motifs is 3. The lowest BCUT2D eigenvalue weighted by Gasteiger charge is -2.06. The summed E-state index contributed by atoms with van der Waals surface area (Å²) in [5.74, 6) is 1.85. The van der Waals surface area contributed by atoms with Crippen LogP contribution in [0.4, 0.5) is 5.82 Å². The van der Waals surface area contributed by atoms with Crippen molar-refractivity contribution in [1.82, 2.24) is 19.1 Å². The van der Waals surface area contributed by atoms with Crippen LogP contribution in [0.25, 0.3) is 16.7 Å². The molecule has 0 fully saturated rings. The number of hydrogen-bond donors (Lipinski definition) is 1. The van der Waals surface area contributed by atoms with E-state index in [0.717, 1.165) is 35.5 Å². The van der Waals surface area contributed by atoms with E-state index in [1.807, 2.05) is 18.2 Å². The summed E-state index contributed by atoms with van der Waals surface area (Å²) < 4.78 is 3.73. The minimum Gasteiger partial charge on any atom is -0.383 e. The molecule has 0 bridgehead atoms. The van der Waals surface area contributed by atoms with Gasteiger partial charge in [-0.25, -0.2) is 9.78 Å². The van der Waals surface area contributed by atoms with Crippen LogP contribution in [0, 0.1) is 0 Å². The molecule has 106 valence electrons. The van der Waals surface area contributed by atoms with Crippen LogP contribution in [0.2, 0.25) is 0 Å². The van der Waals surface area contributed by atoms with Gasteiger partial charge in [0.25, 0.3) is 0 Å². The standard InChI is InChI=1S/C15H15N5O/c1-9-4-6-20-12-8-10(2-3-11(12)17-14(9)20)19-7-5-13(16)18-15(19)21/h2-3,5,7-9H,4,6H2,1H3,(H2,16,18,21). The molecule has 1 unspecified atom stereocenters. The normalized spacial score (nSPS) is 17.3. The second-order valence-corrected chi connectivity index (χ2v) is 5.49. The van der Waals surface area contributed by atoms with Gasteiger partial charge in [-0.05, 0) is 30.7 Å². The summed E-state index contributed by atoms with van der Waals surface area (Å²) in [4.78, 5) is 20.4. The first-order valence-corrected chi connectivity index (χ1v) is 6.99. The fourth-order valence-electron chi connectivity index (χ4n) is 2.96. The number of benzene rings is 1. The topological polar surface area (TPSA) is 78.7 Å². The van der Waals surface area contributed by atoms with E-state index in [2.05, 4.69) is 21.5 Å². The maximum atomic E-state index is 12.0. The van der Waals surface area contributed by atoms with E-state index in [1.165, 1.54) is 4.57 Å². The molecule has 2 aromatic heterocycles. The molecule has 3 aromatic rings. The molecule has 6 heteroatoms. The predicted octanol–water partition coefficient (Wildman–Crippen LogP) is 1.67. The Morgan fingerprint density at radius 1 is 1.29 bits per heavy atom. The SMILES string of the molecule is CC1CCn2c1nc1ccc(-n3ccc(N)nc3=O)cc12. The Labute approximate surface area is 120 Å². The summed E-state index contributed by atoms with van der Waals surface area (Å²) in [6, 6.07) is 7.44. The number of nitrogens with zero attached hydrogens (tertiary/aromatic N) is 4. The van der Waals surface area contributed by atoms with Gasteiger partial charge in [-0.2, -0.15) is 4.98 Å². The van der Waals surface area contributed by atoms with Gasteiger partial charge in [0.05, 0.1) is 16.7 Å². The molecule has 0 saturated carbocycles. The van der Waals surface area contributed by atoms with Gasteiger partial charge in [0.2, 0.25) is 0 Å². The third-order valence-corrected chi connectivity index (χ3v) is 4.09. The molecule has 3 heterocycles. The van der Waals surface area contributed by atoms with Crippen molar-refractivity contribution < 1.29 is 0 Å². The zero-order valence-corrected chi connectivity index (χ0v) is 11.7. The number of hydrogen-bond acceptors (Lipinski definition) is 4. The zero-order valence-electron chi connectivity index (χ0n) is 11.7. The summed E-state index contributed by atoms with van der Waals surface area (Å²) >= 11 is 0. The average Bonchev–Trinajstić information content (AvgIpc) is 2.99. The Balaban J connectivity index is 1.93. The van der Waals surface area contributed by atoms with Crippen LogP contribution in [0.5, 0.6) is 0 Å². The van der Waals surface area contributed by atoms with Gasteiger partial charge in [0.15, 0.2) is 0 Å². The summed E-state index contributed by atoms with van der Waals surface area (Å²) in [7, 11) is 0. The third kappa shape index (κ3) is 1.75. The first-order valence-electron chi connectivity index (χ1n) is 6.99. The van der Waals surface area contributed by atoms with Crippen LogP contribution in [0.15, 0.2) is 35.3 Å². The maximum Gasteiger partial charge on any atom is 0.354 e. The fraction of sp³-hybridized carbons (Fsp3) is 0.267. The number of nitrogens with two attached hydrogens (primary N) is 1. The van der Waals surface area contributed by atoms with Crippen molar-refractivity contribution in [3.63, 3.8) is 0 Å². The number of aryl methyl sites for hydroxylation is 1. The summed E-state index contributed by atoms with van der Waals surface area (Å²) in [6.07, 6.45) is 2.77. The molecule has 0 radical (unpaired) electrons. The van der Waals surface area contributed by atoms with E-state index in [0.29, 0.717) is 5.92 Å². The largest absolute Gasteiger partial charge is 0.383 e. The number of aromatic nitrogens is 4. The molecule has 0 aliphatic carbocycles. The Kier molecular flexibility index (Phi) is 2.42. The number of imidazole rings is 1. The van der Waals surface area contributed by atoms with Gasteiger partial charge in [-0.3, -0.25) is 4.57 Å². The molecule has 1 aliphatic heterocycles. The maximum absolute atomic E-state index is 12.0. The predicted molar refractivity (Wildman–Crippen MR) is 80.6 cm³/mol. The van der Waals surface area contributed by atoms with E-state index in [-0.39, 0.29) is 11.5 Å². The summed E-state index contributed by atoms with van der Waals surface area (Å²) in [5, 5.41) is 0. The van der Waals surface area contributed by atoms with Crippen LogP contribution in [-0.2, 0) is 6.54 Å². The van der Waals surface area contributed by atoms with E-state index in [1.54, 1.807) is 12.3 Å². The molecule has 1 atom stereocenters. The molecule has 1 aliphatic rings. The second-order valence-electron chi connectivity index (χ2n) is 5.49. The van der Waals surface area contributed by atoms with Crippen molar-refractivity contribution in [2.75, 3.05) is 5.73 Å². The molecule has 2 N–H and O–H groups in total. The molecular formula is C15H15N5O. The highest BCUT2D eigenvalue weighted by molar-refractivity contribution is 5.79. The van der Waals surface area contributed by atoms with E-state index < -0.39 is 0 Å². The Hall–Kier alpha value is -2.63. The van der Waals surface area contributed by atoms with Crippen molar-refractivity contribution in [3.05, 3.63) is 46.8 Å². The van der Waals surface area contributed by atoms with Crippen LogP contribution in [0.3, 0.4) is 0 Å². The number of anilines is 1. The van der Waals surface area contributed by atoms with Crippen molar-refractivity contribution in [3.8, 4) is 5.69 Å². The van der Waals surface area contributed by atoms with Gasteiger partial charge < -0.3 is 10.3 Å². The molecule has 21 heavy (non-hydrogen) atoms. The van der Waals surface area contributed by atoms with Gasteiger partial charge in [-0.1, -0.05) is 6.92 Å². The Bertz CT molecular complexity index is 908. The number of nitrogen functional groups attached to an aromatic ring is 1. The van der Waals surface area contributed by atoms with Gasteiger partial charge in [0.1, 0.15) is 11.6 Å². The van der Waals surface area contributed by atoms with Crippen LogP contribution >= 0.6 is 0 Å². The molecular weight excluding hydrogens is 266 g/mol. The third-order valence-electron chi connectivity index (χ3n) is 4.09. The van der Waals surface area contributed by atoms with Crippen molar-refractivity contribution >= 4 is 16.9 Å². The minimum absolute atomic E-state index is 0.233. The Morgan fingerprint density at radius 2 is 2.14 bits per heavy atom. The van der Waals surface area contributed by atoms with Crippen LogP contribution < -0.4 is 11.4 Å². The molecule has 0 spiro atoms. The highest BCUT2D eigenvalue weighted by Gasteiger charge is 2.22. The molecule has 0 saturated heterocycles. The smallest absolute Gasteiger partial charge is 0.354 e. The lowest BCUT2D eigenvalue weighted by Crippen LogP contribution is -2.21. The average molecular weight is 281 g/mol. The molecule has 6 nitrogen and oxygen atoms in total. The minimum atomic E-state index is -0.371. The fourth-order valence-corrected chi connectivity index (χ4v) is 2.96. The first-order chi connectivity index (χ1) is 10.1. The Morgan fingerprint density at radius 3 is 2.95 bits per heavy atom. The van der Waals surface area contributed by atoms with E-state index in [4.69, 9.17) is 5.73 Å². The van der Waals surface area contributed by atoms with Crippen LogP contribution in [0.1, 0.15) is 25.1 Å². The van der Waals surface area contributed by atoms with Gasteiger partial charge in [-0.15, -0.1) is 0 Å².